The van der Waals surface area contributed by atoms with Gasteiger partial charge in [-0.15, -0.1) is 0 Å². The molecule has 3 unspecified atom stereocenters. The monoisotopic (exact) mass is 1480 g/mol. The van der Waals surface area contributed by atoms with Crippen molar-refractivity contribution in [2.24, 2.45) is 5.92 Å². The highest BCUT2D eigenvalue weighted by atomic mass is 31.2. The Balaban J connectivity index is 5.21. The molecule has 0 aliphatic rings. The molecule has 0 saturated heterocycles. The molecule has 0 saturated carbocycles. The van der Waals surface area contributed by atoms with Gasteiger partial charge in [0, 0.05) is 25.7 Å². The molecule has 0 heterocycles. The number of phosphoric acid groups is 2. The average Bonchev–Trinajstić information content (AvgIpc) is 1.14. The fourth-order valence-electron chi connectivity index (χ4n) is 12.7. The van der Waals surface area contributed by atoms with Crippen molar-refractivity contribution in [1.29, 1.82) is 0 Å². The minimum Gasteiger partial charge on any atom is -0.462 e. The molecular formula is C82H160O17P2. The van der Waals surface area contributed by atoms with Crippen molar-refractivity contribution in [3.05, 3.63) is 0 Å². The summed E-state index contributed by atoms with van der Waals surface area (Å²) in [5.74, 6) is -1.23. The van der Waals surface area contributed by atoms with Crippen LogP contribution in [0.2, 0.25) is 0 Å². The SMILES string of the molecule is CCCCCCCCCCCCCCCCCCC(=O)OC[C@H](COP(=O)(O)OC[C@@H](O)COP(=O)(O)OC[C@@H](COC(=O)CCCCCCCCCCCC)OC(=O)CCCCCCCCCCCCCCC)OC(=O)CCCCCCCCCCCCCCCCCCCCC(C)CC. The molecule has 0 rings (SSSR count). The van der Waals surface area contributed by atoms with E-state index in [4.69, 9.17) is 37.0 Å². The van der Waals surface area contributed by atoms with Gasteiger partial charge in [-0.2, -0.15) is 0 Å². The molecule has 101 heavy (non-hydrogen) atoms. The van der Waals surface area contributed by atoms with Gasteiger partial charge in [0.25, 0.3) is 0 Å². The number of esters is 4. The van der Waals surface area contributed by atoms with Gasteiger partial charge < -0.3 is 33.8 Å². The van der Waals surface area contributed by atoms with E-state index in [2.05, 4.69) is 34.6 Å². The topological polar surface area (TPSA) is 237 Å². The van der Waals surface area contributed by atoms with Gasteiger partial charge in [-0.05, 0) is 31.6 Å². The molecule has 0 spiro atoms. The molecule has 0 bridgehead atoms. The van der Waals surface area contributed by atoms with Crippen molar-refractivity contribution in [1.82, 2.24) is 0 Å². The van der Waals surface area contributed by atoms with Gasteiger partial charge in [0.1, 0.15) is 19.3 Å². The third-order valence-corrected chi connectivity index (χ3v) is 21.5. The fraction of sp³-hybridized carbons (Fsp3) is 0.951. The number of ether oxygens (including phenoxy) is 4. The molecule has 0 fully saturated rings. The van der Waals surface area contributed by atoms with Gasteiger partial charge in [-0.1, -0.05) is 388 Å². The zero-order valence-electron chi connectivity index (χ0n) is 66.1. The molecule has 19 heteroatoms. The van der Waals surface area contributed by atoms with Crippen LogP contribution in [-0.4, -0.2) is 96.7 Å². The van der Waals surface area contributed by atoms with E-state index in [-0.39, 0.29) is 25.7 Å². The van der Waals surface area contributed by atoms with Crippen LogP contribution in [0.4, 0.5) is 0 Å². The molecule has 0 aromatic carbocycles. The van der Waals surface area contributed by atoms with Crippen molar-refractivity contribution in [2.75, 3.05) is 39.6 Å². The Bertz CT molecular complexity index is 1930. The largest absolute Gasteiger partial charge is 0.472 e. The second kappa shape index (κ2) is 74.9. The van der Waals surface area contributed by atoms with Gasteiger partial charge in [-0.25, -0.2) is 9.13 Å². The number of unbranched alkanes of at least 4 members (excludes halogenated alkanes) is 53. The molecular weight excluding hydrogens is 1320 g/mol. The quantitative estimate of drug-likeness (QED) is 0.0222. The Morgan fingerprint density at radius 1 is 0.277 bits per heavy atom. The summed E-state index contributed by atoms with van der Waals surface area (Å²) in [5, 5.41) is 10.6. The lowest BCUT2D eigenvalue weighted by Gasteiger charge is -2.21. The summed E-state index contributed by atoms with van der Waals surface area (Å²) in [5.41, 5.74) is 0. The predicted molar refractivity (Wildman–Crippen MR) is 414 cm³/mol. The number of carbonyl (C=O) groups excluding carboxylic acids is 4. The van der Waals surface area contributed by atoms with Crippen LogP contribution < -0.4 is 0 Å². The van der Waals surface area contributed by atoms with Crippen molar-refractivity contribution < 1.29 is 80.2 Å². The van der Waals surface area contributed by atoms with E-state index in [1.165, 1.54) is 263 Å². The first-order valence-corrected chi connectivity index (χ1v) is 45.7. The van der Waals surface area contributed by atoms with Crippen LogP contribution in [0.15, 0.2) is 0 Å². The lowest BCUT2D eigenvalue weighted by atomic mass is 9.99. The third-order valence-electron chi connectivity index (χ3n) is 19.6. The van der Waals surface area contributed by atoms with Gasteiger partial charge in [0.2, 0.25) is 0 Å². The van der Waals surface area contributed by atoms with Crippen LogP contribution in [0, 0.1) is 5.92 Å². The smallest absolute Gasteiger partial charge is 0.462 e. The molecule has 0 aromatic rings. The number of aliphatic hydroxyl groups is 1. The van der Waals surface area contributed by atoms with Crippen molar-refractivity contribution >= 4 is 39.5 Å². The van der Waals surface area contributed by atoms with Crippen LogP contribution >= 0.6 is 15.6 Å². The lowest BCUT2D eigenvalue weighted by Crippen LogP contribution is -2.30. The molecule has 6 atom stereocenters. The van der Waals surface area contributed by atoms with Crippen LogP contribution in [0.5, 0.6) is 0 Å². The van der Waals surface area contributed by atoms with Crippen LogP contribution in [0.25, 0.3) is 0 Å². The van der Waals surface area contributed by atoms with Crippen LogP contribution in [-0.2, 0) is 65.4 Å². The van der Waals surface area contributed by atoms with Crippen LogP contribution in [0.1, 0.15) is 439 Å². The molecule has 0 aliphatic carbocycles. The first-order chi connectivity index (χ1) is 49.1. The molecule has 3 N–H and O–H groups in total. The predicted octanol–water partition coefficient (Wildman–Crippen LogP) is 24.8. The Labute approximate surface area is 619 Å². The fourth-order valence-corrected chi connectivity index (χ4v) is 14.3. The summed E-state index contributed by atoms with van der Waals surface area (Å²) in [7, 11) is -9.92. The molecule has 0 amide bonds. The van der Waals surface area contributed by atoms with E-state index >= 15 is 0 Å². The zero-order chi connectivity index (χ0) is 74.1. The van der Waals surface area contributed by atoms with Crippen molar-refractivity contribution in [3.63, 3.8) is 0 Å². The highest BCUT2D eigenvalue weighted by molar-refractivity contribution is 7.47. The summed E-state index contributed by atoms with van der Waals surface area (Å²) in [6.45, 7) is 7.40. The van der Waals surface area contributed by atoms with Gasteiger partial charge in [-0.3, -0.25) is 37.3 Å². The lowest BCUT2D eigenvalue weighted by molar-refractivity contribution is -0.161. The molecule has 0 aromatic heterocycles. The normalized spacial score (nSPS) is 14.1. The summed E-state index contributed by atoms with van der Waals surface area (Å²) >= 11 is 0. The van der Waals surface area contributed by atoms with Crippen molar-refractivity contribution in [3.8, 4) is 0 Å². The van der Waals surface area contributed by atoms with E-state index < -0.39 is 97.5 Å². The first-order valence-electron chi connectivity index (χ1n) is 42.7. The van der Waals surface area contributed by atoms with E-state index in [1.807, 2.05) is 0 Å². The highest BCUT2D eigenvalue weighted by Crippen LogP contribution is 2.45. The Morgan fingerprint density at radius 2 is 0.475 bits per heavy atom. The number of hydrogen-bond donors (Lipinski definition) is 3. The van der Waals surface area contributed by atoms with Gasteiger partial charge in [0.05, 0.1) is 26.4 Å². The summed E-state index contributed by atoms with van der Waals surface area (Å²) in [4.78, 5) is 73.0. The maximum absolute atomic E-state index is 13.1. The Hall–Kier alpha value is -1.94. The highest BCUT2D eigenvalue weighted by Gasteiger charge is 2.30. The number of hydrogen-bond acceptors (Lipinski definition) is 15. The standard InChI is InChI=1S/C82H160O17P2/c1-6-10-13-16-19-22-25-27-28-34-38-41-46-51-56-61-66-80(85)93-72-78(99-82(87)68-63-58-53-48-43-39-35-32-30-29-31-33-37-40-44-49-54-59-64-75(5)9-4)74-97-101(90,91)95-70-76(83)69-94-100(88,89)96-73-77(71-92-79(84)65-60-55-50-45-24-21-18-15-12-8-3)98-81(86)67-62-57-52-47-42-36-26-23-20-17-14-11-7-2/h75-78,83H,6-74H2,1-5H3,(H,88,89)(H,90,91)/t75?,76-,77+,78+/m0/s1. The number of aliphatic hydroxyl groups excluding tert-OH is 1. The van der Waals surface area contributed by atoms with E-state index in [9.17, 15) is 43.2 Å². The number of carbonyl (C=O) groups is 4. The minimum atomic E-state index is -4.96. The Kier molecular flexibility index (Phi) is 73.5. The average molecular weight is 1480 g/mol. The maximum Gasteiger partial charge on any atom is 0.472 e. The molecule has 0 aliphatic heterocycles. The van der Waals surface area contributed by atoms with E-state index in [0.29, 0.717) is 25.7 Å². The first kappa shape index (κ1) is 99.1. The van der Waals surface area contributed by atoms with Crippen molar-refractivity contribution in [2.45, 2.75) is 457 Å². The molecule has 17 nitrogen and oxygen atoms in total. The maximum atomic E-state index is 13.1. The number of phosphoric ester groups is 2. The van der Waals surface area contributed by atoms with Gasteiger partial charge in [0.15, 0.2) is 12.2 Å². The molecule has 600 valence electrons. The Morgan fingerprint density at radius 3 is 0.703 bits per heavy atom. The van der Waals surface area contributed by atoms with E-state index in [1.54, 1.807) is 0 Å². The summed E-state index contributed by atoms with van der Waals surface area (Å²) < 4.78 is 68.7. The second-order valence-electron chi connectivity index (χ2n) is 29.8. The zero-order valence-corrected chi connectivity index (χ0v) is 67.8. The second-order valence-corrected chi connectivity index (χ2v) is 32.7. The third kappa shape index (κ3) is 74.7. The summed E-state index contributed by atoms with van der Waals surface area (Å²) in [6.07, 6.45) is 66.5. The number of rotatable bonds is 82. The minimum absolute atomic E-state index is 0.108. The van der Waals surface area contributed by atoms with Crippen LogP contribution in [0.3, 0.4) is 0 Å². The molecule has 0 radical (unpaired) electrons. The van der Waals surface area contributed by atoms with E-state index in [0.717, 1.165) is 95.8 Å². The summed E-state index contributed by atoms with van der Waals surface area (Å²) in [6, 6.07) is 0. The van der Waals surface area contributed by atoms with Gasteiger partial charge >= 0.3 is 39.5 Å².